The van der Waals surface area contributed by atoms with Crippen molar-refractivity contribution >= 4 is 11.8 Å². The molecule has 2 rings (SSSR count). The van der Waals surface area contributed by atoms with Crippen molar-refractivity contribution in [1.29, 1.82) is 0 Å². The third-order valence-electron chi connectivity index (χ3n) is 3.28. The molecule has 2 aliphatic heterocycles. The summed E-state index contributed by atoms with van der Waals surface area (Å²) in [6.45, 7) is 8.68. The van der Waals surface area contributed by atoms with Crippen LogP contribution in [0.15, 0.2) is 0 Å². The molecule has 1 atom stereocenters. The van der Waals surface area contributed by atoms with Gasteiger partial charge in [-0.1, -0.05) is 6.92 Å². The Bertz CT molecular complexity index is 149. The van der Waals surface area contributed by atoms with Crippen LogP contribution >= 0.6 is 11.8 Å². The van der Waals surface area contributed by atoms with Gasteiger partial charge in [0, 0.05) is 38.0 Å². The summed E-state index contributed by atoms with van der Waals surface area (Å²) in [5.74, 6) is 2.77. The first kappa shape index (κ1) is 9.81. The van der Waals surface area contributed by atoms with E-state index in [0.717, 1.165) is 6.04 Å². The predicted octanol–water partition coefficient (Wildman–Crippen LogP) is 1.13. The fraction of sp³-hybridized carbons (Fsp3) is 1.00. The third-order valence-corrected chi connectivity index (χ3v) is 4.42. The van der Waals surface area contributed by atoms with Crippen LogP contribution in [0.5, 0.6) is 0 Å². The number of thioether (sulfide) groups is 1. The highest BCUT2D eigenvalue weighted by Crippen LogP contribution is 2.22. The smallest absolute Gasteiger partial charge is 0.0195 e. The average molecular weight is 200 g/mol. The minimum absolute atomic E-state index is 0.906. The lowest BCUT2D eigenvalue weighted by Crippen LogP contribution is -2.50. The first-order valence-electron chi connectivity index (χ1n) is 5.44. The molecule has 2 saturated heterocycles. The molecule has 0 N–H and O–H groups in total. The van der Waals surface area contributed by atoms with Crippen molar-refractivity contribution in [3.63, 3.8) is 0 Å². The van der Waals surface area contributed by atoms with Crippen LogP contribution in [0.1, 0.15) is 13.3 Å². The summed E-state index contributed by atoms with van der Waals surface area (Å²) in [4.78, 5) is 5.25. The fourth-order valence-electron chi connectivity index (χ4n) is 2.25. The monoisotopic (exact) mass is 200 g/mol. The van der Waals surface area contributed by atoms with E-state index >= 15 is 0 Å². The molecular weight excluding hydrogens is 180 g/mol. The van der Waals surface area contributed by atoms with Gasteiger partial charge < -0.3 is 4.90 Å². The van der Waals surface area contributed by atoms with E-state index in [4.69, 9.17) is 0 Å². The number of rotatable bonds is 2. The number of likely N-dealkylation sites (N-methyl/N-ethyl adjacent to an activating group) is 1. The van der Waals surface area contributed by atoms with E-state index in [-0.39, 0.29) is 0 Å². The van der Waals surface area contributed by atoms with Crippen LogP contribution in [0.4, 0.5) is 0 Å². The molecule has 0 radical (unpaired) electrons. The zero-order valence-corrected chi connectivity index (χ0v) is 9.35. The molecule has 0 aromatic rings. The lowest BCUT2D eigenvalue weighted by atomic mass is 10.2. The Hall–Kier alpha value is 0.270. The van der Waals surface area contributed by atoms with Gasteiger partial charge in [0.15, 0.2) is 0 Å². The van der Waals surface area contributed by atoms with Crippen molar-refractivity contribution in [2.75, 3.05) is 44.2 Å². The normalized spacial score (nSPS) is 32.5. The van der Waals surface area contributed by atoms with E-state index in [1.54, 1.807) is 0 Å². The van der Waals surface area contributed by atoms with Crippen molar-refractivity contribution in [3.05, 3.63) is 0 Å². The van der Waals surface area contributed by atoms with E-state index < -0.39 is 0 Å². The van der Waals surface area contributed by atoms with E-state index in [0.29, 0.717) is 0 Å². The summed E-state index contributed by atoms with van der Waals surface area (Å²) in [6, 6.07) is 0.906. The van der Waals surface area contributed by atoms with Gasteiger partial charge in [-0.15, -0.1) is 0 Å². The quantitative estimate of drug-likeness (QED) is 0.660. The number of hydrogen-bond acceptors (Lipinski definition) is 3. The van der Waals surface area contributed by atoms with Gasteiger partial charge in [-0.3, -0.25) is 4.90 Å². The Balaban J connectivity index is 1.77. The lowest BCUT2D eigenvalue weighted by Gasteiger charge is -2.37. The number of piperazine rings is 1. The summed E-state index contributed by atoms with van der Waals surface area (Å²) in [5, 5.41) is 0. The molecule has 0 saturated carbocycles. The summed E-state index contributed by atoms with van der Waals surface area (Å²) >= 11 is 2.13. The van der Waals surface area contributed by atoms with Crippen LogP contribution in [0, 0.1) is 0 Å². The molecule has 0 aliphatic carbocycles. The van der Waals surface area contributed by atoms with Crippen LogP contribution < -0.4 is 0 Å². The topological polar surface area (TPSA) is 6.48 Å². The molecule has 2 heterocycles. The van der Waals surface area contributed by atoms with Crippen molar-refractivity contribution in [2.45, 2.75) is 19.4 Å². The van der Waals surface area contributed by atoms with Crippen molar-refractivity contribution in [2.24, 2.45) is 0 Å². The van der Waals surface area contributed by atoms with Gasteiger partial charge in [-0.2, -0.15) is 11.8 Å². The summed E-state index contributed by atoms with van der Waals surface area (Å²) in [7, 11) is 0. The highest BCUT2D eigenvalue weighted by Gasteiger charge is 2.25. The number of nitrogens with zero attached hydrogens (tertiary/aromatic N) is 2. The first-order valence-corrected chi connectivity index (χ1v) is 6.59. The van der Waals surface area contributed by atoms with E-state index in [1.807, 2.05) is 0 Å². The zero-order chi connectivity index (χ0) is 9.10. The molecule has 0 amide bonds. The molecule has 1 unspecified atom stereocenters. The van der Waals surface area contributed by atoms with Crippen molar-refractivity contribution in [1.82, 2.24) is 9.80 Å². The molecule has 2 aliphatic rings. The summed E-state index contributed by atoms with van der Waals surface area (Å²) < 4.78 is 0. The Labute approximate surface area is 85.7 Å². The molecule has 0 aromatic heterocycles. The Morgan fingerprint density at radius 3 is 2.54 bits per heavy atom. The molecule has 2 fully saturated rings. The van der Waals surface area contributed by atoms with E-state index in [1.165, 1.54) is 50.7 Å². The average Bonchev–Trinajstić information content (AvgIpc) is 2.71. The van der Waals surface area contributed by atoms with Gasteiger partial charge >= 0.3 is 0 Å². The van der Waals surface area contributed by atoms with Crippen LogP contribution in [-0.2, 0) is 0 Å². The van der Waals surface area contributed by atoms with Crippen LogP contribution in [-0.4, -0.2) is 60.1 Å². The highest BCUT2D eigenvalue weighted by molar-refractivity contribution is 7.99. The molecule has 2 nitrogen and oxygen atoms in total. The van der Waals surface area contributed by atoms with Gasteiger partial charge in [-0.05, 0) is 18.7 Å². The van der Waals surface area contributed by atoms with E-state index in [9.17, 15) is 0 Å². The van der Waals surface area contributed by atoms with Gasteiger partial charge in [0.2, 0.25) is 0 Å². The third kappa shape index (κ3) is 2.39. The van der Waals surface area contributed by atoms with Crippen molar-refractivity contribution in [3.8, 4) is 0 Å². The second-order valence-electron chi connectivity index (χ2n) is 3.99. The van der Waals surface area contributed by atoms with Gasteiger partial charge in [-0.25, -0.2) is 0 Å². The number of hydrogen-bond donors (Lipinski definition) is 0. The SMILES string of the molecule is CCN1CCN(C2CCSC2)CC1. The Morgan fingerprint density at radius 1 is 1.23 bits per heavy atom. The lowest BCUT2D eigenvalue weighted by molar-refractivity contribution is 0.108. The summed E-state index contributed by atoms with van der Waals surface area (Å²) in [5.41, 5.74) is 0. The van der Waals surface area contributed by atoms with Gasteiger partial charge in [0.1, 0.15) is 0 Å². The standard InChI is InChI=1S/C10H20N2S/c1-2-11-4-6-12(7-5-11)10-3-8-13-9-10/h10H,2-9H2,1H3. The second kappa shape index (κ2) is 4.67. The molecule has 13 heavy (non-hydrogen) atoms. The van der Waals surface area contributed by atoms with Crippen LogP contribution in [0.2, 0.25) is 0 Å². The Kier molecular flexibility index (Phi) is 3.52. The molecule has 0 spiro atoms. The fourth-order valence-corrected chi connectivity index (χ4v) is 3.51. The molecule has 0 bridgehead atoms. The van der Waals surface area contributed by atoms with Crippen LogP contribution in [0.25, 0.3) is 0 Å². The highest BCUT2D eigenvalue weighted by atomic mass is 32.2. The minimum atomic E-state index is 0.906. The van der Waals surface area contributed by atoms with E-state index in [2.05, 4.69) is 28.5 Å². The first-order chi connectivity index (χ1) is 6.40. The van der Waals surface area contributed by atoms with Crippen LogP contribution in [0.3, 0.4) is 0 Å². The largest absolute Gasteiger partial charge is 0.301 e. The molecule has 0 aromatic carbocycles. The second-order valence-corrected chi connectivity index (χ2v) is 5.14. The molecule has 76 valence electrons. The Morgan fingerprint density at radius 2 is 2.00 bits per heavy atom. The predicted molar refractivity (Wildman–Crippen MR) is 59.4 cm³/mol. The maximum absolute atomic E-state index is 2.70. The van der Waals surface area contributed by atoms with Gasteiger partial charge in [0.25, 0.3) is 0 Å². The molecular formula is C10H20N2S. The summed E-state index contributed by atoms with van der Waals surface area (Å²) in [6.07, 6.45) is 1.43. The molecule has 3 heteroatoms. The minimum Gasteiger partial charge on any atom is -0.301 e. The maximum atomic E-state index is 2.70. The van der Waals surface area contributed by atoms with Crippen molar-refractivity contribution < 1.29 is 0 Å². The van der Waals surface area contributed by atoms with Gasteiger partial charge in [0.05, 0.1) is 0 Å². The zero-order valence-electron chi connectivity index (χ0n) is 8.54. The maximum Gasteiger partial charge on any atom is 0.0195 e.